The summed E-state index contributed by atoms with van der Waals surface area (Å²) in [6.45, 7) is 8.69. The normalized spacial score (nSPS) is 11.8. The molecule has 0 amide bonds. The lowest BCUT2D eigenvalue weighted by Gasteiger charge is -2.27. The van der Waals surface area contributed by atoms with Crippen molar-refractivity contribution in [3.05, 3.63) is 312 Å². The van der Waals surface area contributed by atoms with Gasteiger partial charge in [0.2, 0.25) is 0 Å². The van der Waals surface area contributed by atoms with Gasteiger partial charge in [-0.1, -0.05) is 242 Å². The molecule has 0 aliphatic carbocycles. The summed E-state index contributed by atoms with van der Waals surface area (Å²) in [6.07, 6.45) is 25.1. The highest BCUT2D eigenvalue weighted by molar-refractivity contribution is 5.83. The van der Waals surface area contributed by atoms with E-state index in [1.807, 2.05) is 12.1 Å². The van der Waals surface area contributed by atoms with E-state index in [9.17, 15) is 0 Å². The molecule has 2 heteroatoms. The van der Waals surface area contributed by atoms with Crippen LogP contribution in [0.25, 0.3) is 46.6 Å². The van der Waals surface area contributed by atoms with Gasteiger partial charge in [0, 0.05) is 34.1 Å². The Balaban J connectivity index is 0.894. The average molecular weight is 929 g/mol. The van der Waals surface area contributed by atoms with Crippen LogP contribution in [0.2, 0.25) is 0 Å². The molecular weight excluding hydrogens is 869 g/mol. The van der Waals surface area contributed by atoms with Crippen LogP contribution < -0.4 is 9.80 Å². The highest BCUT2D eigenvalue weighted by Gasteiger charge is 2.17. The molecule has 0 atom stereocenters. The zero-order chi connectivity index (χ0) is 49.5. The molecule has 0 aliphatic rings. The number of hydrogen-bond acceptors (Lipinski definition) is 2. The number of rotatable bonds is 16. The number of benzene rings is 9. The van der Waals surface area contributed by atoms with E-state index < -0.39 is 0 Å². The number of nitrogens with zero attached hydrogens (tertiary/aromatic N) is 2. The van der Waals surface area contributed by atoms with Crippen LogP contribution in [0.1, 0.15) is 44.5 Å². The fourth-order valence-corrected chi connectivity index (χ4v) is 8.95. The van der Waals surface area contributed by atoms with Gasteiger partial charge in [0.25, 0.3) is 0 Å². The SMILES string of the molecule is Cc1ccc(N(c2ccc(C=CC=CC=Cc3ccccc3)cc2)c2ccc(-c3ccc(-c4ccc(N(c5ccc(C=CC=CC=Cc6ccccc6)cc5)c5ccc(C)cc5C)cc4)cc3)cc2)c(C)c1. The number of anilines is 6. The standard InChI is InChI=1S/C70H60N2/c1-53-27-49-69(55(3)51-53)71(65-41-29-59(30-42-65)25-13-7-5-11-19-57-21-15-9-16-22-57)67-45-37-63(38-46-67)61-33-35-62(36-34-61)64-39-47-68(48-40-64)72(70-50-28-54(2)52-56(70)4)66-43-31-60(32-44-66)26-14-8-6-12-20-58-23-17-10-18-24-58/h5-52H,1-4H3. The zero-order valence-corrected chi connectivity index (χ0v) is 41.6. The van der Waals surface area contributed by atoms with Crippen molar-refractivity contribution in [3.63, 3.8) is 0 Å². The van der Waals surface area contributed by atoms with E-state index in [-0.39, 0.29) is 0 Å². The molecule has 0 saturated carbocycles. The fourth-order valence-electron chi connectivity index (χ4n) is 8.95. The van der Waals surface area contributed by atoms with E-state index in [0.29, 0.717) is 0 Å². The van der Waals surface area contributed by atoms with Gasteiger partial charge in [-0.2, -0.15) is 0 Å². The lowest BCUT2D eigenvalue weighted by molar-refractivity contribution is 1.24. The van der Waals surface area contributed by atoms with Crippen LogP contribution in [0.4, 0.5) is 34.1 Å². The molecule has 0 saturated heterocycles. The summed E-state index contributed by atoms with van der Waals surface area (Å²) < 4.78 is 0. The quantitative estimate of drug-likeness (QED) is 0.0891. The smallest absolute Gasteiger partial charge is 0.0490 e. The molecule has 0 unspecified atom stereocenters. The predicted octanol–water partition coefficient (Wildman–Crippen LogP) is 19.8. The van der Waals surface area contributed by atoms with Gasteiger partial charge in [0.1, 0.15) is 0 Å². The molecule has 9 aromatic rings. The van der Waals surface area contributed by atoms with Crippen molar-refractivity contribution in [2.24, 2.45) is 0 Å². The summed E-state index contributed by atoms with van der Waals surface area (Å²) in [6, 6.07) is 78.5. The van der Waals surface area contributed by atoms with E-state index in [1.54, 1.807) is 0 Å². The average Bonchev–Trinajstić information content (AvgIpc) is 3.41. The maximum absolute atomic E-state index is 2.35. The highest BCUT2D eigenvalue weighted by Crippen LogP contribution is 2.40. The van der Waals surface area contributed by atoms with Gasteiger partial charge in [-0.15, -0.1) is 0 Å². The predicted molar refractivity (Wildman–Crippen MR) is 313 cm³/mol. The first-order valence-electron chi connectivity index (χ1n) is 24.7. The van der Waals surface area contributed by atoms with Crippen LogP contribution >= 0.6 is 0 Å². The summed E-state index contributed by atoms with van der Waals surface area (Å²) >= 11 is 0. The minimum Gasteiger partial charge on any atom is -0.310 e. The van der Waals surface area contributed by atoms with E-state index in [2.05, 4.69) is 317 Å². The van der Waals surface area contributed by atoms with E-state index in [1.165, 1.54) is 55.6 Å². The van der Waals surface area contributed by atoms with E-state index >= 15 is 0 Å². The zero-order valence-electron chi connectivity index (χ0n) is 41.6. The van der Waals surface area contributed by atoms with Crippen molar-refractivity contribution in [1.29, 1.82) is 0 Å². The molecule has 72 heavy (non-hydrogen) atoms. The minimum atomic E-state index is 1.11. The number of aryl methyl sites for hydroxylation is 4. The maximum Gasteiger partial charge on any atom is 0.0490 e. The van der Waals surface area contributed by atoms with E-state index in [0.717, 1.165) is 45.3 Å². The van der Waals surface area contributed by atoms with Gasteiger partial charge in [-0.25, -0.2) is 0 Å². The second-order valence-electron chi connectivity index (χ2n) is 18.1. The Morgan fingerprint density at radius 3 is 0.806 bits per heavy atom. The van der Waals surface area contributed by atoms with Crippen molar-refractivity contribution >= 4 is 58.4 Å². The first-order valence-corrected chi connectivity index (χ1v) is 24.7. The number of allylic oxidation sites excluding steroid dienone is 8. The fraction of sp³-hybridized carbons (Fsp3) is 0.0571. The lowest BCUT2D eigenvalue weighted by Crippen LogP contribution is -2.11. The third-order valence-electron chi connectivity index (χ3n) is 12.7. The van der Waals surface area contributed by atoms with Crippen LogP contribution in [-0.2, 0) is 0 Å². The molecule has 2 nitrogen and oxygen atoms in total. The van der Waals surface area contributed by atoms with Gasteiger partial charge in [-0.05, 0) is 144 Å². The van der Waals surface area contributed by atoms with Crippen LogP contribution in [0.5, 0.6) is 0 Å². The van der Waals surface area contributed by atoms with Crippen molar-refractivity contribution in [2.45, 2.75) is 27.7 Å². The molecular formula is C70H60N2. The second kappa shape index (κ2) is 23.6. The van der Waals surface area contributed by atoms with Crippen molar-refractivity contribution in [3.8, 4) is 22.3 Å². The number of hydrogen-bond donors (Lipinski definition) is 0. The van der Waals surface area contributed by atoms with Gasteiger partial charge < -0.3 is 9.80 Å². The van der Waals surface area contributed by atoms with Gasteiger partial charge >= 0.3 is 0 Å². The molecule has 0 aromatic heterocycles. The molecule has 0 radical (unpaired) electrons. The van der Waals surface area contributed by atoms with Crippen molar-refractivity contribution in [1.82, 2.24) is 0 Å². The Morgan fingerprint density at radius 1 is 0.250 bits per heavy atom. The third-order valence-corrected chi connectivity index (χ3v) is 12.7. The molecule has 9 aromatic carbocycles. The maximum atomic E-state index is 2.35. The molecule has 9 rings (SSSR count). The first kappa shape index (κ1) is 48.1. The molecule has 0 spiro atoms. The van der Waals surface area contributed by atoms with Crippen molar-refractivity contribution in [2.75, 3.05) is 9.80 Å². The van der Waals surface area contributed by atoms with Gasteiger partial charge in [-0.3, -0.25) is 0 Å². The van der Waals surface area contributed by atoms with Crippen LogP contribution in [0.15, 0.2) is 267 Å². The summed E-state index contributed by atoms with van der Waals surface area (Å²) in [7, 11) is 0. The molecule has 0 bridgehead atoms. The molecule has 350 valence electrons. The lowest BCUT2D eigenvalue weighted by atomic mass is 9.99. The van der Waals surface area contributed by atoms with Crippen LogP contribution in [0, 0.1) is 27.7 Å². The minimum absolute atomic E-state index is 1.11. The summed E-state index contributed by atoms with van der Waals surface area (Å²) in [4.78, 5) is 4.71. The summed E-state index contributed by atoms with van der Waals surface area (Å²) in [5, 5.41) is 0. The van der Waals surface area contributed by atoms with Gasteiger partial charge in [0.05, 0.1) is 0 Å². The molecule has 0 heterocycles. The second-order valence-corrected chi connectivity index (χ2v) is 18.1. The Hall–Kier alpha value is -8.98. The topological polar surface area (TPSA) is 6.48 Å². The summed E-state index contributed by atoms with van der Waals surface area (Å²) in [5.74, 6) is 0. The summed E-state index contributed by atoms with van der Waals surface area (Å²) in [5.41, 5.74) is 21.1. The van der Waals surface area contributed by atoms with E-state index in [4.69, 9.17) is 0 Å². The molecule has 0 N–H and O–H groups in total. The highest BCUT2D eigenvalue weighted by atomic mass is 15.1. The van der Waals surface area contributed by atoms with Crippen LogP contribution in [0.3, 0.4) is 0 Å². The Labute approximate surface area is 427 Å². The largest absolute Gasteiger partial charge is 0.310 e. The van der Waals surface area contributed by atoms with Crippen LogP contribution in [-0.4, -0.2) is 0 Å². The molecule has 0 aliphatic heterocycles. The molecule has 0 fully saturated rings. The first-order chi connectivity index (χ1) is 35.3. The Kier molecular flexibility index (Phi) is 15.7. The third kappa shape index (κ3) is 12.4. The Bertz CT molecular complexity index is 3140. The van der Waals surface area contributed by atoms with Crippen molar-refractivity contribution < 1.29 is 0 Å². The monoisotopic (exact) mass is 928 g/mol. The van der Waals surface area contributed by atoms with Gasteiger partial charge in [0.15, 0.2) is 0 Å². The Morgan fingerprint density at radius 2 is 0.514 bits per heavy atom.